The molecule has 1 atom stereocenters. The average Bonchev–Trinajstić information content (AvgIpc) is 2.84. The normalized spacial score (nSPS) is 18.1. The summed E-state index contributed by atoms with van der Waals surface area (Å²) in [7, 11) is 0. The zero-order valence-electron chi connectivity index (χ0n) is 17.1. The van der Waals surface area contributed by atoms with Crippen LogP contribution in [-0.4, -0.2) is 30.3 Å². The number of fused-ring (bicyclic) bond motifs is 2. The van der Waals surface area contributed by atoms with Gasteiger partial charge in [0.1, 0.15) is 5.78 Å². The number of nitrogens with zero attached hydrogens (tertiary/aromatic N) is 1. The van der Waals surface area contributed by atoms with Gasteiger partial charge in [-0.1, -0.05) is 47.8 Å². The number of piperidine rings is 1. The Morgan fingerprint density at radius 1 is 0.931 bits per heavy atom. The van der Waals surface area contributed by atoms with Crippen LogP contribution >= 0.6 is 23.2 Å². The molecule has 0 saturated carbocycles. The second-order valence-corrected chi connectivity index (χ2v) is 9.27. The number of Topliss-reactive ketones (excluding diaryl/α,β-unsaturated/α-hetero) is 1. The molecule has 1 fully saturated rings. The highest BCUT2D eigenvalue weighted by Crippen LogP contribution is 2.40. The fraction of sp³-hybridized carbons (Fsp3) is 0.400. The largest absolute Gasteiger partial charge is 0.302 e. The molecule has 1 heterocycles. The molecule has 1 aliphatic carbocycles. The summed E-state index contributed by atoms with van der Waals surface area (Å²) in [4.78, 5) is 14.1. The Kier molecular flexibility index (Phi) is 6.15. The lowest BCUT2D eigenvalue weighted by atomic mass is 9.86. The lowest BCUT2D eigenvalue weighted by Gasteiger charge is -2.31. The van der Waals surface area contributed by atoms with E-state index in [0.29, 0.717) is 0 Å². The molecule has 1 aliphatic heterocycles. The zero-order valence-corrected chi connectivity index (χ0v) is 18.6. The number of aryl methyl sites for hydroxylation is 2. The van der Waals surface area contributed by atoms with E-state index in [-0.39, 0.29) is 11.7 Å². The average molecular weight is 428 g/mol. The van der Waals surface area contributed by atoms with Crippen LogP contribution in [-0.2, 0) is 17.6 Å². The Balaban J connectivity index is 1.74. The maximum absolute atomic E-state index is 11.6. The summed E-state index contributed by atoms with van der Waals surface area (Å²) < 4.78 is 0. The Hall–Kier alpha value is -1.61. The molecule has 152 valence electrons. The third-order valence-corrected chi connectivity index (χ3v) is 6.86. The molecule has 4 heteroatoms. The summed E-state index contributed by atoms with van der Waals surface area (Å²) in [5.74, 6) is 0.367. The molecule has 4 rings (SSSR count). The van der Waals surface area contributed by atoms with Gasteiger partial charge in [0, 0.05) is 35.6 Å². The number of hydrogen-bond donors (Lipinski definition) is 0. The van der Waals surface area contributed by atoms with Crippen molar-refractivity contribution in [3.05, 3.63) is 74.3 Å². The Morgan fingerprint density at radius 3 is 1.93 bits per heavy atom. The highest BCUT2D eigenvalue weighted by Gasteiger charge is 2.25. The monoisotopic (exact) mass is 427 g/mol. The zero-order chi connectivity index (χ0) is 20.5. The van der Waals surface area contributed by atoms with E-state index in [1.54, 1.807) is 6.92 Å². The van der Waals surface area contributed by atoms with E-state index in [2.05, 4.69) is 29.2 Å². The predicted octanol–water partition coefficient (Wildman–Crippen LogP) is 6.21. The molecule has 2 nitrogen and oxygen atoms in total. The van der Waals surface area contributed by atoms with Crippen LogP contribution in [0.4, 0.5) is 0 Å². The van der Waals surface area contributed by atoms with Crippen molar-refractivity contribution in [2.45, 2.75) is 39.5 Å². The standard InChI is InChI=1S/C25H27Cl2NO/c1-16(17(2)29)15-28-11-9-20(10-12-28)25-23-13-21(26)7-5-18(23)3-4-19-6-8-22(27)14-24(19)25/h5-8,13-14,16H,3-4,9-12,15H2,1-2H3. The summed E-state index contributed by atoms with van der Waals surface area (Å²) in [5.41, 5.74) is 8.05. The number of ketones is 1. The quantitative estimate of drug-likeness (QED) is 0.579. The maximum atomic E-state index is 11.6. The Bertz CT molecular complexity index is 913. The summed E-state index contributed by atoms with van der Waals surface area (Å²) in [6.07, 6.45) is 4.05. The molecule has 1 unspecified atom stereocenters. The molecule has 0 N–H and O–H groups in total. The van der Waals surface area contributed by atoms with Gasteiger partial charge in [0.25, 0.3) is 0 Å². The first-order chi connectivity index (χ1) is 13.9. The van der Waals surface area contributed by atoms with Gasteiger partial charge in [-0.05, 0) is 84.7 Å². The first-order valence-corrected chi connectivity index (χ1v) is 11.2. The van der Waals surface area contributed by atoms with Crippen LogP contribution in [0.2, 0.25) is 10.0 Å². The van der Waals surface area contributed by atoms with Crippen molar-refractivity contribution in [3.63, 3.8) is 0 Å². The van der Waals surface area contributed by atoms with Crippen LogP contribution in [0.25, 0.3) is 5.57 Å². The van der Waals surface area contributed by atoms with E-state index in [9.17, 15) is 4.79 Å². The fourth-order valence-electron chi connectivity index (χ4n) is 4.57. The smallest absolute Gasteiger partial charge is 0.133 e. The van der Waals surface area contributed by atoms with Gasteiger partial charge >= 0.3 is 0 Å². The van der Waals surface area contributed by atoms with Crippen LogP contribution in [0.5, 0.6) is 0 Å². The number of hydrogen-bond acceptors (Lipinski definition) is 2. The maximum Gasteiger partial charge on any atom is 0.133 e. The molecule has 1 saturated heterocycles. The van der Waals surface area contributed by atoms with Gasteiger partial charge in [0.05, 0.1) is 0 Å². The third kappa shape index (κ3) is 4.45. The molecular formula is C25H27Cl2NO. The highest BCUT2D eigenvalue weighted by atomic mass is 35.5. The van der Waals surface area contributed by atoms with E-state index in [4.69, 9.17) is 23.2 Å². The summed E-state index contributed by atoms with van der Waals surface area (Å²) in [5, 5.41) is 1.56. The summed E-state index contributed by atoms with van der Waals surface area (Å²) >= 11 is 12.8. The lowest BCUT2D eigenvalue weighted by Crippen LogP contribution is -2.36. The van der Waals surface area contributed by atoms with E-state index in [0.717, 1.165) is 55.4 Å². The first-order valence-electron chi connectivity index (χ1n) is 10.4. The molecule has 0 amide bonds. The summed E-state index contributed by atoms with van der Waals surface area (Å²) in [6.45, 7) is 6.54. The number of carbonyl (C=O) groups is 1. The number of rotatable bonds is 3. The van der Waals surface area contributed by atoms with Gasteiger partial charge < -0.3 is 4.90 Å². The number of halogens is 2. The minimum Gasteiger partial charge on any atom is -0.302 e. The number of likely N-dealkylation sites (tertiary alicyclic amines) is 1. The molecule has 0 radical (unpaired) electrons. The van der Waals surface area contributed by atoms with E-state index in [1.807, 2.05) is 19.1 Å². The SMILES string of the molecule is CC(=O)C(C)CN1CCC(=C2c3cc(Cl)ccc3CCc3ccc(Cl)cc32)CC1. The van der Waals surface area contributed by atoms with E-state index >= 15 is 0 Å². The number of carbonyl (C=O) groups excluding carboxylic acids is 1. The Morgan fingerprint density at radius 2 is 1.45 bits per heavy atom. The van der Waals surface area contributed by atoms with Crippen molar-refractivity contribution >= 4 is 34.6 Å². The van der Waals surface area contributed by atoms with Crippen molar-refractivity contribution in [1.82, 2.24) is 4.90 Å². The van der Waals surface area contributed by atoms with Gasteiger partial charge in [-0.3, -0.25) is 4.79 Å². The first kappa shape index (κ1) is 20.7. The van der Waals surface area contributed by atoms with Gasteiger partial charge in [0.2, 0.25) is 0 Å². The van der Waals surface area contributed by atoms with Crippen LogP contribution in [0.15, 0.2) is 42.0 Å². The van der Waals surface area contributed by atoms with Crippen molar-refractivity contribution in [3.8, 4) is 0 Å². The molecule has 2 aromatic carbocycles. The van der Waals surface area contributed by atoms with Gasteiger partial charge in [-0.15, -0.1) is 0 Å². The van der Waals surface area contributed by atoms with Gasteiger partial charge in [-0.25, -0.2) is 0 Å². The minimum atomic E-state index is 0.0983. The third-order valence-electron chi connectivity index (χ3n) is 6.39. The molecular weight excluding hydrogens is 401 g/mol. The number of benzene rings is 2. The minimum absolute atomic E-state index is 0.0983. The fourth-order valence-corrected chi connectivity index (χ4v) is 4.91. The van der Waals surface area contributed by atoms with Crippen molar-refractivity contribution in [1.29, 1.82) is 0 Å². The molecule has 0 bridgehead atoms. The predicted molar refractivity (Wildman–Crippen MR) is 122 cm³/mol. The van der Waals surface area contributed by atoms with Crippen molar-refractivity contribution in [2.75, 3.05) is 19.6 Å². The highest BCUT2D eigenvalue weighted by molar-refractivity contribution is 6.31. The molecule has 29 heavy (non-hydrogen) atoms. The van der Waals surface area contributed by atoms with E-state index < -0.39 is 0 Å². The molecule has 2 aliphatic rings. The second kappa shape index (κ2) is 8.63. The van der Waals surface area contributed by atoms with Gasteiger partial charge in [-0.2, -0.15) is 0 Å². The lowest BCUT2D eigenvalue weighted by molar-refractivity contribution is -0.120. The van der Waals surface area contributed by atoms with E-state index in [1.165, 1.54) is 33.4 Å². The molecule has 0 aromatic heterocycles. The van der Waals surface area contributed by atoms with Gasteiger partial charge in [0.15, 0.2) is 0 Å². The molecule has 0 spiro atoms. The van der Waals surface area contributed by atoms with Crippen LogP contribution in [0.3, 0.4) is 0 Å². The van der Waals surface area contributed by atoms with Crippen LogP contribution in [0, 0.1) is 5.92 Å². The molecule has 2 aromatic rings. The summed E-state index contributed by atoms with van der Waals surface area (Å²) in [6, 6.07) is 12.6. The Labute approximate surface area is 183 Å². The topological polar surface area (TPSA) is 20.3 Å². The second-order valence-electron chi connectivity index (χ2n) is 8.39. The van der Waals surface area contributed by atoms with Crippen molar-refractivity contribution < 1.29 is 4.79 Å². The van der Waals surface area contributed by atoms with Crippen LogP contribution < -0.4 is 0 Å². The van der Waals surface area contributed by atoms with Crippen molar-refractivity contribution in [2.24, 2.45) is 5.92 Å². The van der Waals surface area contributed by atoms with Crippen LogP contribution in [0.1, 0.15) is 48.9 Å².